The monoisotopic (exact) mass is 564 g/mol. The Morgan fingerprint density at radius 3 is 2.00 bits per heavy atom. The second kappa shape index (κ2) is 10.6. The maximum absolute atomic E-state index is 14.4. The summed E-state index contributed by atoms with van der Waals surface area (Å²) in [5, 5.41) is 18.5. The summed E-state index contributed by atoms with van der Waals surface area (Å²) in [4.78, 5) is 29.5. The fraction of sp³-hybridized carbons (Fsp3) is 0.471. The lowest BCUT2D eigenvalue weighted by atomic mass is 9.85. The third-order valence-electron chi connectivity index (χ3n) is 10.5. The van der Waals surface area contributed by atoms with Gasteiger partial charge in [0.25, 0.3) is 11.8 Å². The van der Waals surface area contributed by atoms with E-state index in [-0.39, 0.29) is 42.0 Å². The Bertz CT molecular complexity index is 1440. The molecular formula is C34H40N6O2. The quantitative estimate of drug-likeness (QED) is 0.394. The standard InChI is InChI=1S/C34H40N6O2/c41-33-29-27(18-35-33)36-25-16-15-22(17-26(25)39-31(29)20-9-3-1-4-10-20)40-19-28-30(34(40)42)32(21-11-5-2-6-12-21)38-24-14-8-7-13-23(24)37-28/h1-6,9-12,22-26,31-32,36-39H,7-8,13-19H2,(H,35,41)/t22?,23-,24?,25-,26-,31-,32+/m1/s1. The number of amides is 2. The van der Waals surface area contributed by atoms with Crippen molar-refractivity contribution in [1.29, 1.82) is 0 Å². The number of hydrogen-bond donors (Lipinski definition) is 5. The number of benzene rings is 2. The first-order valence-corrected chi connectivity index (χ1v) is 15.8. The van der Waals surface area contributed by atoms with Crippen molar-refractivity contribution in [3.63, 3.8) is 0 Å². The van der Waals surface area contributed by atoms with E-state index in [1.807, 2.05) is 24.3 Å². The molecule has 2 aromatic carbocycles. The van der Waals surface area contributed by atoms with Crippen molar-refractivity contribution in [2.75, 3.05) is 13.1 Å². The van der Waals surface area contributed by atoms with E-state index in [0.29, 0.717) is 25.2 Å². The smallest absolute Gasteiger partial charge is 0.254 e. The highest BCUT2D eigenvalue weighted by molar-refractivity contribution is 5.99. The molecule has 5 N–H and O–H groups in total. The molecule has 2 saturated carbocycles. The summed E-state index contributed by atoms with van der Waals surface area (Å²) < 4.78 is 0. The van der Waals surface area contributed by atoms with E-state index in [1.54, 1.807) is 0 Å². The number of rotatable bonds is 3. The average molecular weight is 565 g/mol. The molecule has 0 aromatic heterocycles. The fourth-order valence-corrected chi connectivity index (χ4v) is 8.41. The SMILES string of the molecule is O=C1NCC2=C1[C@@H](c1ccccc1)N[C@@H]1CC(N3CC4=C(C3=O)[C@H](c3ccccc3)NC3CCCC[C@H]3N4)CC[C@H]1N2. The number of nitrogens with one attached hydrogen (secondary N) is 5. The van der Waals surface area contributed by atoms with Gasteiger partial charge in [-0.1, -0.05) is 73.5 Å². The van der Waals surface area contributed by atoms with Crippen molar-refractivity contribution in [2.24, 2.45) is 0 Å². The molecule has 218 valence electrons. The van der Waals surface area contributed by atoms with Crippen LogP contribution in [0.25, 0.3) is 0 Å². The summed E-state index contributed by atoms with van der Waals surface area (Å²) in [6.45, 7) is 1.20. The van der Waals surface area contributed by atoms with Crippen molar-refractivity contribution < 1.29 is 9.59 Å². The molecule has 4 heterocycles. The zero-order valence-corrected chi connectivity index (χ0v) is 23.9. The summed E-state index contributed by atoms with van der Waals surface area (Å²) in [5.41, 5.74) is 6.10. The van der Waals surface area contributed by atoms with Gasteiger partial charge < -0.3 is 31.5 Å². The maximum atomic E-state index is 14.4. The molecule has 0 bridgehead atoms. The van der Waals surface area contributed by atoms with E-state index in [2.05, 4.69) is 67.9 Å². The van der Waals surface area contributed by atoms with Gasteiger partial charge in [0.05, 0.1) is 36.3 Å². The van der Waals surface area contributed by atoms with Gasteiger partial charge in [0, 0.05) is 41.6 Å². The minimum atomic E-state index is -0.175. The van der Waals surface area contributed by atoms with Gasteiger partial charge in [0.15, 0.2) is 0 Å². The first-order chi connectivity index (χ1) is 20.6. The summed E-state index contributed by atoms with van der Waals surface area (Å²) in [7, 11) is 0. The van der Waals surface area contributed by atoms with E-state index in [0.717, 1.165) is 65.8 Å². The highest BCUT2D eigenvalue weighted by Crippen LogP contribution is 2.40. The van der Waals surface area contributed by atoms with Crippen molar-refractivity contribution in [1.82, 2.24) is 31.5 Å². The highest BCUT2D eigenvalue weighted by atomic mass is 16.2. The van der Waals surface area contributed by atoms with Crippen LogP contribution in [0.4, 0.5) is 0 Å². The molecule has 8 nitrogen and oxygen atoms in total. The van der Waals surface area contributed by atoms with Crippen LogP contribution in [0.3, 0.4) is 0 Å². The Labute approximate surface area is 247 Å². The highest BCUT2D eigenvalue weighted by Gasteiger charge is 2.47. The zero-order valence-electron chi connectivity index (χ0n) is 23.9. The lowest BCUT2D eigenvalue weighted by Crippen LogP contribution is -2.56. The van der Waals surface area contributed by atoms with Gasteiger partial charge in [-0.15, -0.1) is 0 Å². The molecular weight excluding hydrogens is 524 g/mol. The molecule has 2 fully saturated rings. The first-order valence-electron chi connectivity index (χ1n) is 15.8. The number of nitrogens with zero attached hydrogens (tertiary/aromatic N) is 1. The average Bonchev–Trinajstić information content (AvgIpc) is 3.41. The molecule has 7 atom stereocenters. The molecule has 6 aliphatic rings. The van der Waals surface area contributed by atoms with Gasteiger partial charge in [0.2, 0.25) is 0 Å². The van der Waals surface area contributed by atoms with Crippen LogP contribution in [0.5, 0.6) is 0 Å². The Balaban J connectivity index is 1.06. The van der Waals surface area contributed by atoms with Crippen LogP contribution in [-0.2, 0) is 9.59 Å². The Morgan fingerprint density at radius 2 is 1.26 bits per heavy atom. The van der Waals surface area contributed by atoms with Crippen LogP contribution in [0.15, 0.2) is 83.2 Å². The third kappa shape index (κ3) is 4.43. The molecule has 2 aliphatic carbocycles. The van der Waals surface area contributed by atoms with Gasteiger partial charge in [0.1, 0.15) is 0 Å². The Kier molecular flexibility index (Phi) is 6.56. The van der Waals surface area contributed by atoms with E-state index in [4.69, 9.17) is 0 Å². The van der Waals surface area contributed by atoms with Gasteiger partial charge >= 0.3 is 0 Å². The molecule has 0 spiro atoms. The second-order valence-electron chi connectivity index (χ2n) is 12.9. The van der Waals surface area contributed by atoms with Gasteiger partial charge in [-0.05, 0) is 43.2 Å². The van der Waals surface area contributed by atoms with Crippen molar-refractivity contribution in [3.05, 3.63) is 94.3 Å². The minimum absolute atomic E-state index is 0.00301. The maximum Gasteiger partial charge on any atom is 0.254 e. The van der Waals surface area contributed by atoms with Crippen molar-refractivity contribution in [3.8, 4) is 0 Å². The van der Waals surface area contributed by atoms with E-state index >= 15 is 0 Å². The molecule has 8 rings (SSSR count). The van der Waals surface area contributed by atoms with Crippen LogP contribution in [0, 0.1) is 0 Å². The molecule has 2 unspecified atom stereocenters. The number of fused-ring (bicyclic) bond motifs is 2. The predicted molar refractivity (Wildman–Crippen MR) is 161 cm³/mol. The lowest BCUT2D eigenvalue weighted by Gasteiger charge is -2.42. The lowest BCUT2D eigenvalue weighted by molar-refractivity contribution is -0.128. The normalized spacial score (nSPS) is 34.3. The Morgan fingerprint density at radius 1 is 0.643 bits per heavy atom. The van der Waals surface area contributed by atoms with Gasteiger partial charge in [-0.25, -0.2) is 0 Å². The molecule has 8 heteroatoms. The van der Waals surface area contributed by atoms with Gasteiger partial charge in [-0.3, -0.25) is 9.59 Å². The van der Waals surface area contributed by atoms with E-state index in [9.17, 15) is 9.59 Å². The topological polar surface area (TPSA) is 97.5 Å². The molecule has 2 aromatic rings. The van der Waals surface area contributed by atoms with Crippen molar-refractivity contribution in [2.45, 2.75) is 87.2 Å². The minimum Gasteiger partial charge on any atom is -0.382 e. The second-order valence-corrected chi connectivity index (χ2v) is 12.9. The van der Waals surface area contributed by atoms with Crippen LogP contribution in [-0.4, -0.2) is 60.0 Å². The van der Waals surface area contributed by atoms with Crippen molar-refractivity contribution >= 4 is 11.8 Å². The van der Waals surface area contributed by atoms with E-state index < -0.39 is 0 Å². The molecule has 0 saturated heterocycles. The zero-order chi connectivity index (χ0) is 28.2. The molecule has 4 aliphatic heterocycles. The Hall–Kier alpha value is -3.62. The van der Waals surface area contributed by atoms with Crippen LogP contribution in [0.1, 0.15) is 68.2 Å². The number of carbonyl (C=O) groups excluding carboxylic acids is 2. The molecule has 42 heavy (non-hydrogen) atoms. The largest absolute Gasteiger partial charge is 0.382 e. The third-order valence-corrected chi connectivity index (χ3v) is 10.5. The van der Waals surface area contributed by atoms with Crippen LogP contribution in [0.2, 0.25) is 0 Å². The number of hydrogen-bond acceptors (Lipinski definition) is 6. The number of carbonyl (C=O) groups is 2. The summed E-state index contributed by atoms with van der Waals surface area (Å²) >= 11 is 0. The van der Waals surface area contributed by atoms with Crippen LogP contribution >= 0.6 is 0 Å². The summed E-state index contributed by atoms with van der Waals surface area (Å²) in [5.74, 6) is 0.172. The molecule has 2 amide bonds. The molecule has 0 radical (unpaired) electrons. The van der Waals surface area contributed by atoms with E-state index in [1.165, 1.54) is 12.8 Å². The van der Waals surface area contributed by atoms with Crippen LogP contribution < -0.4 is 26.6 Å². The fourth-order valence-electron chi connectivity index (χ4n) is 8.41. The first kappa shape index (κ1) is 26.0. The van der Waals surface area contributed by atoms with Gasteiger partial charge in [-0.2, -0.15) is 0 Å². The summed E-state index contributed by atoms with van der Waals surface area (Å²) in [6, 6.07) is 21.7. The summed E-state index contributed by atoms with van der Waals surface area (Å²) in [6.07, 6.45) is 7.48. The predicted octanol–water partition coefficient (Wildman–Crippen LogP) is 2.94.